The van der Waals surface area contributed by atoms with E-state index < -0.39 is 11.7 Å². The summed E-state index contributed by atoms with van der Waals surface area (Å²) in [4.78, 5) is 8.60. The van der Waals surface area contributed by atoms with Crippen molar-refractivity contribution in [2.45, 2.75) is 6.18 Å². The maximum absolute atomic E-state index is 12.7. The summed E-state index contributed by atoms with van der Waals surface area (Å²) in [6, 6.07) is 0. The molecule has 8 heteroatoms. The summed E-state index contributed by atoms with van der Waals surface area (Å²) in [5.41, 5.74) is -0.834. The molecule has 0 amide bonds. The van der Waals surface area contributed by atoms with Gasteiger partial charge in [0, 0.05) is 18.5 Å². The minimum absolute atomic E-state index is 0.127. The molecule has 0 aromatic carbocycles. The average Bonchev–Trinajstić information content (AvgIpc) is 2.68. The minimum atomic E-state index is -4.45. The van der Waals surface area contributed by atoms with Gasteiger partial charge in [-0.25, -0.2) is 4.98 Å². The second-order valence-electron chi connectivity index (χ2n) is 3.17. The lowest BCUT2D eigenvalue weighted by atomic mass is 10.3. The first-order chi connectivity index (χ1) is 7.48. The number of alkyl halides is 3. The maximum Gasteiger partial charge on any atom is 0.421 e. The van der Waals surface area contributed by atoms with Gasteiger partial charge in [-0.05, 0) is 11.6 Å². The molecule has 88 valence electrons. The van der Waals surface area contributed by atoms with E-state index in [0.29, 0.717) is 12.4 Å². The van der Waals surface area contributed by atoms with Gasteiger partial charge in [0.05, 0.1) is 5.88 Å². The molecule has 1 aromatic heterocycles. The van der Waals surface area contributed by atoms with Crippen molar-refractivity contribution in [3.05, 3.63) is 17.0 Å². The summed E-state index contributed by atoms with van der Waals surface area (Å²) in [6.45, 7) is 0.543. The van der Waals surface area contributed by atoms with Crippen LogP contribution in [0.25, 0.3) is 0 Å². The lowest BCUT2D eigenvalue weighted by molar-refractivity contribution is -0.137. The van der Waals surface area contributed by atoms with Gasteiger partial charge in [0.2, 0.25) is 5.28 Å². The lowest BCUT2D eigenvalue weighted by Gasteiger charge is -2.20. The van der Waals surface area contributed by atoms with Gasteiger partial charge in [0.25, 0.3) is 0 Å². The number of hydrogen-bond acceptors (Lipinski definition) is 4. The first kappa shape index (κ1) is 11.8. The molecule has 0 N–H and O–H groups in total. The Kier molecular flexibility index (Phi) is 3.16. The van der Waals surface area contributed by atoms with Gasteiger partial charge in [-0.15, -0.1) is 11.8 Å². The fourth-order valence-corrected chi connectivity index (χ4v) is 2.45. The second-order valence-corrected chi connectivity index (χ2v) is 4.59. The highest BCUT2D eigenvalue weighted by Crippen LogP contribution is 2.36. The predicted octanol–water partition coefficient (Wildman–Crippen LogP) is 2.66. The molecule has 1 fully saturated rings. The molecule has 0 atom stereocenters. The van der Waals surface area contributed by atoms with Crippen LogP contribution in [0.2, 0.25) is 5.28 Å². The molecule has 0 aliphatic carbocycles. The molecule has 1 saturated heterocycles. The van der Waals surface area contributed by atoms with Crippen molar-refractivity contribution in [1.82, 2.24) is 9.97 Å². The molecule has 0 unspecified atom stereocenters. The Labute approximate surface area is 99.0 Å². The Morgan fingerprint density at radius 3 is 2.75 bits per heavy atom. The molecule has 0 saturated carbocycles. The van der Waals surface area contributed by atoms with Gasteiger partial charge in [-0.1, -0.05) is 0 Å². The van der Waals surface area contributed by atoms with Crippen molar-refractivity contribution in [2.75, 3.05) is 23.1 Å². The minimum Gasteiger partial charge on any atom is -0.346 e. The third-order valence-electron chi connectivity index (χ3n) is 2.10. The number of nitrogens with zero attached hydrogens (tertiary/aromatic N) is 3. The second kappa shape index (κ2) is 4.29. The van der Waals surface area contributed by atoms with E-state index in [2.05, 4.69) is 9.97 Å². The Balaban J connectivity index is 2.43. The van der Waals surface area contributed by atoms with E-state index >= 15 is 0 Å². The van der Waals surface area contributed by atoms with Gasteiger partial charge in [-0.3, -0.25) is 0 Å². The summed E-state index contributed by atoms with van der Waals surface area (Å²) in [5.74, 6) is 1.16. The van der Waals surface area contributed by atoms with Gasteiger partial charge in [-0.2, -0.15) is 18.2 Å². The predicted molar refractivity (Wildman–Crippen MR) is 56.7 cm³/mol. The number of thioether (sulfide) groups is 1. The third-order valence-corrected chi connectivity index (χ3v) is 3.24. The summed E-state index contributed by atoms with van der Waals surface area (Å²) >= 11 is 7.08. The van der Waals surface area contributed by atoms with Gasteiger partial charge in [0.15, 0.2) is 0 Å². The van der Waals surface area contributed by atoms with Crippen LogP contribution in [0.5, 0.6) is 0 Å². The highest BCUT2D eigenvalue weighted by Gasteiger charge is 2.37. The lowest BCUT2D eigenvalue weighted by Crippen LogP contribution is -2.24. The van der Waals surface area contributed by atoms with Crippen LogP contribution in [0.3, 0.4) is 0 Å². The van der Waals surface area contributed by atoms with E-state index in [1.165, 1.54) is 0 Å². The van der Waals surface area contributed by atoms with Crippen molar-refractivity contribution >= 4 is 29.2 Å². The van der Waals surface area contributed by atoms with Crippen LogP contribution in [0.4, 0.5) is 19.0 Å². The number of aromatic nitrogens is 2. The number of halogens is 4. The molecule has 1 aliphatic heterocycles. The van der Waals surface area contributed by atoms with E-state index in [0.717, 1.165) is 11.9 Å². The number of hydrogen-bond donors (Lipinski definition) is 0. The van der Waals surface area contributed by atoms with E-state index in [1.807, 2.05) is 0 Å². The SMILES string of the molecule is FC(F)(F)c1cnc(Cl)nc1N1CCSC1. The average molecular weight is 270 g/mol. The van der Waals surface area contributed by atoms with E-state index in [1.54, 1.807) is 16.7 Å². The topological polar surface area (TPSA) is 29.0 Å². The van der Waals surface area contributed by atoms with E-state index in [9.17, 15) is 13.2 Å². The number of anilines is 1. The van der Waals surface area contributed by atoms with Gasteiger partial charge in [0.1, 0.15) is 11.4 Å². The molecule has 0 bridgehead atoms. The zero-order valence-electron chi connectivity index (χ0n) is 7.96. The first-order valence-electron chi connectivity index (χ1n) is 4.41. The fourth-order valence-electron chi connectivity index (χ4n) is 1.37. The van der Waals surface area contributed by atoms with Crippen molar-refractivity contribution in [1.29, 1.82) is 0 Å². The largest absolute Gasteiger partial charge is 0.421 e. The zero-order valence-corrected chi connectivity index (χ0v) is 9.53. The molecule has 16 heavy (non-hydrogen) atoms. The van der Waals surface area contributed by atoms with Crippen LogP contribution in [0.15, 0.2) is 6.20 Å². The molecule has 0 spiro atoms. The third kappa shape index (κ3) is 2.35. The molecular formula is C8H7ClF3N3S. The standard InChI is InChI=1S/C8H7ClF3N3S/c9-7-13-3-5(8(10,11)12)6(14-7)15-1-2-16-4-15/h3H,1-2,4H2. The van der Waals surface area contributed by atoms with Crippen LogP contribution in [-0.4, -0.2) is 28.1 Å². The van der Waals surface area contributed by atoms with E-state index in [-0.39, 0.29) is 11.1 Å². The normalized spacial score (nSPS) is 16.9. The zero-order chi connectivity index (χ0) is 11.8. The quantitative estimate of drug-likeness (QED) is 0.733. The summed E-state index contributed by atoms with van der Waals surface area (Å²) in [7, 11) is 0. The molecule has 1 aromatic rings. The molecule has 2 heterocycles. The summed E-state index contributed by atoms with van der Waals surface area (Å²) < 4.78 is 38.0. The van der Waals surface area contributed by atoms with Crippen LogP contribution >= 0.6 is 23.4 Å². The van der Waals surface area contributed by atoms with Crippen molar-refractivity contribution in [2.24, 2.45) is 0 Å². The Morgan fingerprint density at radius 2 is 2.19 bits per heavy atom. The van der Waals surface area contributed by atoms with Crippen molar-refractivity contribution in [3.63, 3.8) is 0 Å². The van der Waals surface area contributed by atoms with Gasteiger partial charge < -0.3 is 4.90 Å². The Hall–Kier alpha value is -0.690. The van der Waals surface area contributed by atoms with Crippen LogP contribution in [0, 0.1) is 0 Å². The fraction of sp³-hybridized carbons (Fsp3) is 0.500. The van der Waals surface area contributed by atoms with Crippen LogP contribution in [0.1, 0.15) is 5.56 Å². The maximum atomic E-state index is 12.7. The highest BCUT2D eigenvalue weighted by molar-refractivity contribution is 7.99. The van der Waals surface area contributed by atoms with E-state index in [4.69, 9.17) is 11.6 Å². The monoisotopic (exact) mass is 269 g/mol. The molecule has 3 nitrogen and oxygen atoms in total. The molecule has 2 rings (SSSR count). The summed E-state index contributed by atoms with van der Waals surface area (Å²) in [5, 5.41) is -0.167. The summed E-state index contributed by atoms with van der Waals surface area (Å²) in [6.07, 6.45) is -3.72. The Morgan fingerprint density at radius 1 is 1.44 bits per heavy atom. The van der Waals surface area contributed by atoms with Crippen molar-refractivity contribution in [3.8, 4) is 0 Å². The van der Waals surface area contributed by atoms with Gasteiger partial charge >= 0.3 is 6.18 Å². The molecule has 1 aliphatic rings. The Bertz CT molecular complexity index is 393. The first-order valence-corrected chi connectivity index (χ1v) is 5.94. The molecular weight excluding hydrogens is 263 g/mol. The highest BCUT2D eigenvalue weighted by atomic mass is 35.5. The smallest absolute Gasteiger partial charge is 0.346 e. The molecule has 0 radical (unpaired) electrons. The van der Waals surface area contributed by atoms with Crippen LogP contribution < -0.4 is 4.90 Å². The number of rotatable bonds is 1. The van der Waals surface area contributed by atoms with Crippen molar-refractivity contribution < 1.29 is 13.2 Å². The van der Waals surface area contributed by atoms with Crippen LogP contribution in [-0.2, 0) is 6.18 Å².